The molecule has 7 nitrogen and oxygen atoms in total. The Morgan fingerprint density at radius 3 is 2.72 bits per heavy atom. The number of carbonyl (C=O) groups excluding carboxylic acids is 2. The zero-order valence-corrected chi connectivity index (χ0v) is 15.0. The fraction of sp³-hybridized carbons (Fsp3) is 0.529. The standard InChI is InChI=1S/C17H26N4O3.ClH/c18-9-5-4-8-13(19)17(23)20-10-14-16(21-15(22)11-24-14)12-6-2-1-3-7-12;/h1-3,6-7,13-14,16H,4-5,8-11,18-19H2,(H,20,23)(H,21,22);1H/t13-,14+,16-;/m1./s1. The summed E-state index contributed by atoms with van der Waals surface area (Å²) in [5, 5.41) is 5.74. The van der Waals surface area contributed by atoms with Gasteiger partial charge in [-0.3, -0.25) is 9.59 Å². The van der Waals surface area contributed by atoms with Crippen LogP contribution in [0.4, 0.5) is 0 Å². The van der Waals surface area contributed by atoms with Crippen LogP contribution in [-0.2, 0) is 14.3 Å². The number of benzene rings is 1. The molecule has 1 aromatic carbocycles. The van der Waals surface area contributed by atoms with E-state index >= 15 is 0 Å². The van der Waals surface area contributed by atoms with Gasteiger partial charge in [0.25, 0.3) is 0 Å². The average Bonchev–Trinajstić information content (AvgIpc) is 2.61. The third kappa shape index (κ3) is 6.62. The third-order valence-electron chi connectivity index (χ3n) is 4.06. The summed E-state index contributed by atoms with van der Waals surface area (Å²) in [6, 6.07) is 8.72. The molecule has 140 valence electrons. The van der Waals surface area contributed by atoms with Gasteiger partial charge < -0.3 is 26.8 Å². The van der Waals surface area contributed by atoms with E-state index in [1.54, 1.807) is 0 Å². The molecule has 25 heavy (non-hydrogen) atoms. The van der Waals surface area contributed by atoms with Crippen molar-refractivity contribution in [2.45, 2.75) is 37.5 Å². The Bertz CT molecular complexity index is 544. The van der Waals surface area contributed by atoms with Gasteiger partial charge in [-0.15, -0.1) is 12.4 Å². The first kappa shape index (κ1) is 21.4. The van der Waals surface area contributed by atoms with Crippen LogP contribution in [0, 0.1) is 0 Å². The summed E-state index contributed by atoms with van der Waals surface area (Å²) in [5.74, 6) is -0.371. The molecular formula is C17H27ClN4O3. The summed E-state index contributed by atoms with van der Waals surface area (Å²) < 4.78 is 5.60. The SMILES string of the molecule is Cl.NCCCC[C@@H](N)C(=O)NC[C@@H]1OCC(=O)N[C@@H]1c1ccccc1. The lowest BCUT2D eigenvalue weighted by Crippen LogP contribution is -2.52. The van der Waals surface area contributed by atoms with E-state index < -0.39 is 6.04 Å². The average molecular weight is 371 g/mol. The van der Waals surface area contributed by atoms with Crippen molar-refractivity contribution in [3.63, 3.8) is 0 Å². The predicted molar refractivity (Wildman–Crippen MR) is 98.2 cm³/mol. The van der Waals surface area contributed by atoms with E-state index in [0.717, 1.165) is 18.4 Å². The molecule has 1 saturated heterocycles. The normalized spacial score (nSPS) is 21.0. The number of morpholine rings is 1. The molecule has 2 rings (SSSR count). The lowest BCUT2D eigenvalue weighted by Gasteiger charge is -2.33. The number of nitrogens with one attached hydrogen (secondary N) is 2. The van der Waals surface area contributed by atoms with Gasteiger partial charge in [-0.1, -0.05) is 36.8 Å². The largest absolute Gasteiger partial charge is 0.364 e. The molecule has 0 spiro atoms. The Hall–Kier alpha value is -1.67. The van der Waals surface area contributed by atoms with Gasteiger partial charge in [0.05, 0.1) is 18.2 Å². The summed E-state index contributed by atoms with van der Waals surface area (Å²) in [6.07, 6.45) is 1.96. The molecule has 6 N–H and O–H groups in total. The molecule has 8 heteroatoms. The summed E-state index contributed by atoms with van der Waals surface area (Å²) in [6.45, 7) is 0.887. The fourth-order valence-corrected chi connectivity index (χ4v) is 2.69. The maximum Gasteiger partial charge on any atom is 0.246 e. The molecule has 1 aromatic rings. The van der Waals surface area contributed by atoms with Crippen LogP contribution >= 0.6 is 12.4 Å². The molecule has 1 heterocycles. The van der Waals surface area contributed by atoms with Crippen molar-refractivity contribution in [1.29, 1.82) is 0 Å². The maximum atomic E-state index is 12.1. The minimum absolute atomic E-state index is 0. The van der Waals surface area contributed by atoms with Crippen LogP contribution in [0.5, 0.6) is 0 Å². The van der Waals surface area contributed by atoms with Gasteiger partial charge in [0.2, 0.25) is 11.8 Å². The van der Waals surface area contributed by atoms with Crippen molar-refractivity contribution in [3.05, 3.63) is 35.9 Å². The molecule has 3 atom stereocenters. The molecule has 1 fully saturated rings. The van der Waals surface area contributed by atoms with Gasteiger partial charge in [-0.05, 0) is 24.9 Å². The number of amides is 2. The summed E-state index contributed by atoms with van der Waals surface area (Å²) in [7, 11) is 0. The molecular weight excluding hydrogens is 344 g/mol. The van der Waals surface area contributed by atoms with Crippen LogP contribution < -0.4 is 22.1 Å². The van der Waals surface area contributed by atoms with Crippen LogP contribution in [0.15, 0.2) is 30.3 Å². The molecule has 0 unspecified atom stereocenters. The molecule has 1 aliphatic rings. The first-order chi connectivity index (χ1) is 11.6. The summed E-state index contributed by atoms with van der Waals surface area (Å²) in [4.78, 5) is 23.7. The van der Waals surface area contributed by atoms with E-state index in [2.05, 4.69) is 10.6 Å². The quantitative estimate of drug-likeness (QED) is 0.488. The van der Waals surface area contributed by atoms with Gasteiger partial charge in [0.1, 0.15) is 6.61 Å². The van der Waals surface area contributed by atoms with Gasteiger partial charge in [-0.25, -0.2) is 0 Å². The number of nitrogens with two attached hydrogens (primary N) is 2. The Morgan fingerprint density at radius 1 is 1.32 bits per heavy atom. The van der Waals surface area contributed by atoms with E-state index in [9.17, 15) is 9.59 Å². The highest BCUT2D eigenvalue weighted by Gasteiger charge is 2.31. The molecule has 0 bridgehead atoms. The third-order valence-corrected chi connectivity index (χ3v) is 4.06. The zero-order chi connectivity index (χ0) is 17.4. The first-order valence-electron chi connectivity index (χ1n) is 8.31. The van der Waals surface area contributed by atoms with Crippen LogP contribution in [-0.4, -0.2) is 43.7 Å². The van der Waals surface area contributed by atoms with E-state index in [1.807, 2.05) is 30.3 Å². The number of halogens is 1. The van der Waals surface area contributed by atoms with Crippen molar-refractivity contribution in [1.82, 2.24) is 10.6 Å². The van der Waals surface area contributed by atoms with E-state index in [4.69, 9.17) is 16.2 Å². The number of hydrogen-bond donors (Lipinski definition) is 4. The molecule has 2 amide bonds. The zero-order valence-electron chi connectivity index (χ0n) is 14.1. The van der Waals surface area contributed by atoms with Crippen molar-refractivity contribution in [2.75, 3.05) is 19.7 Å². The second-order valence-electron chi connectivity index (χ2n) is 5.94. The van der Waals surface area contributed by atoms with Crippen LogP contribution in [0.2, 0.25) is 0 Å². The van der Waals surface area contributed by atoms with Gasteiger partial charge in [-0.2, -0.15) is 0 Å². The number of hydrogen-bond acceptors (Lipinski definition) is 5. The molecule has 1 aliphatic heterocycles. The van der Waals surface area contributed by atoms with Crippen molar-refractivity contribution in [3.8, 4) is 0 Å². The van der Waals surface area contributed by atoms with Crippen LogP contribution in [0.1, 0.15) is 30.9 Å². The summed E-state index contributed by atoms with van der Waals surface area (Å²) >= 11 is 0. The predicted octanol–water partition coefficient (Wildman–Crippen LogP) is 0.237. The topological polar surface area (TPSA) is 119 Å². The minimum Gasteiger partial charge on any atom is -0.364 e. The first-order valence-corrected chi connectivity index (χ1v) is 8.31. The van der Waals surface area contributed by atoms with Crippen molar-refractivity contribution < 1.29 is 14.3 Å². The molecule has 0 aromatic heterocycles. The van der Waals surface area contributed by atoms with Crippen molar-refractivity contribution in [2.24, 2.45) is 11.5 Å². The highest BCUT2D eigenvalue weighted by molar-refractivity contribution is 5.85. The van der Waals surface area contributed by atoms with Crippen LogP contribution in [0.3, 0.4) is 0 Å². The number of carbonyl (C=O) groups is 2. The highest BCUT2D eigenvalue weighted by atomic mass is 35.5. The number of ether oxygens (including phenoxy) is 1. The van der Waals surface area contributed by atoms with Gasteiger partial charge >= 0.3 is 0 Å². The Balaban J connectivity index is 0.00000312. The minimum atomic E-state index is -0.551. The molecule has 0 aliphatic carbocycles. The second-order valence-corrected chi connectivity index (χ2v) is 5.94. The Kier molecular flexibility index (Phi) is 9.44. The smallest absolute Gasteiger partial charge is 0.246 e. The fourth-order valence-electron chi connectivity index (χ4n) is 2.69. The number of rotatable bonds is 8. The van der Waals surface area contributed by atoms with Crippen LogP contribution in [0.25, 0.3) is 0 Å². The second kappa shape index (κ2) is 11.0. The Morgan fingerprint density at radius 2 is 2.04 bits per heavy atom. The van der Waals surface area contributed by atoms with E-state index in [0.29, 0.717) is 19.5 Å². The monoisotopic (exact) mass is 370 g/mol. The van der Waals surface area contributed by atoms with Crippen molar-refractivity contribution >= 4 is 24.2 Å². The highest BCUT2D eigenvalue weighted by Crippen LogP contribution is 2.21. The molecule has 0 saturated carbocycles. The van der Waals surface area contributed by atoms with E-state index in [-0.39, 0.29) is 43.0 Å². The lowest BCUT2D eigenvalue weighted by molar-refractivity contribution is -0.137. The van der Waals surface area contributed by atoms with Gasteiger partial charge in [0, 0.05) is 6.54 Å². The molecule has 0 radical (unpaired) electrons. The number of unbranched alkanes of at least 4 members (excludes halogenated alkanes) is 1. The van der Waals surface area contributed by atoms with Gasteiger partial charge in [0.15, 0.2) is 0 Å². The van der Waals surface area contributed by atoms with E-state index in [1.165, 1.54) is 0 Å². The summed E-state index contributed by atoms with van der Waals surface area (Å²) in [5.41, 5.74) is 12.3. The maximum absolute atomic E-state index is 12.1. The Labute approximate surface area is 154 Å². The lowest BCUT2D eigenvalue weighted by atomic mass is 9.99.